The lowest BCUT2D eigenvalue weighted by Crippen LogP contribution is -2.41. The number of halogens is 1. The van der Waals surface area contributed by atoms with Crippen LogP contribution in [0.25, 0.3) is 11.2 Å². The summed E-state index contributed by atoms with van der Waals surface area (Å²) >= 11 is 5.98. The largest absolute Gasteiger partial charge is 0.333 e. The molecule has 0 spiro atoms. The van der Waals surface area contributed by atoms with Crippen LogP contribution in [0.4, 0.5) is 0 Å². The van der Waals surface area contributed by atoms with Gasteiger partial charge in [-0.15, -0.1) is 0 Å². The van der Waals surface area contributed by atoms with E-state index in [1.54, 1.807) is 16.7 Å². The predicted octanol–water partition coefficient (Wildman–Crippen LogP) is 3.74. The Balaban J connectivity index is 1.88. The first-order valence-electron chi connectivity index (χ1n) is 10.4. The molecule has 1 fully saturated rings. The molecule has 1 aliphatic carbocycles. The van der Waals surface area contributed by atoms with Crippen molar-refractivity contribution in [3.05, 3.63) is 61.5 Å². The first-order valence-corrected chi connectivity index (χ1v) is 10.8. The van der Waals surface area contributed by atoms with E-state index in [-0.39, 0.29) is 17.8 Å². The lowest BCUT2D eigenvalue weighted by molar-refractivity contribution is 0.315. The van der Waals surface area contributed by atoms with Crippen LogP contribution < -0.4 is 11.2 Å². The van der Waals surface area contributed by atoms with Gasteiger partial charge < -0.3 is 4.57 Å². The molecule has 6 nitrogen and oxygen atoms in total. The Morgan fingerprint density at radius 3 is 2.41 bits per heavy atom. The molecule has 1 saturated carbocycles. The molecule has 1 aliphatic rings. The highest BCUT2D eigenvalue weighted by Gasteiger charge is 2.22. The molecule has 2 heterocycles. The number of rotatable bonds is 5. The molecular weight excluding hydrogens is 388 g/mol. The number of benzene rings is 1. The number of hydrogen-bond acceptors (Lipinski definition) is 3. The SMILES string of the molecule is CCc1nc2c(c(=O)n(Cc3ccc(Cl)cc3)c(=O)n2CC2CCCCC2)n1C. The molecule has 0 amide bonds. The molecule has 29 heavy (non-hydrogen) atoms. The van der Waals surface area contributed by atoms with E-state index in [2.05, 4.69) is 4.98 Å². The van der Waals surface area contributed by atoms with Crippen molar-refractivity contribution in [1.82, 2.24) is 18.7 Å². The minimum Gasteiger partial charge on any atom is -0.325 e. The third-order valence-electron chi connectivity index (χ3n) is 6.07. The van der Waals surface area contributed by atoms with Gasteiger partial charge in [0, 0.05) is 25.0 Å². The summed E-state index contributed by atoms with van der Waals surface area (Å²) in [5.41, 5.74) is 1.34. The monoisotopic (exact) mass is 414 g/mol. The second kappa shape index (κ2) is 8.19. The maximum absolute atomic E-state index is 13.4. The van der Waals surface area contributed by atoms with Crippen molar-refractivity contribution in [1.29, 1.82) is 0 Å². The standard InChI is InChI=1S/C22H27ClN4O2/c1-3-18-24-20-19(25(18)2)21(28)27(14-16-9-11-17(23)12-10-16)22(29)26(20)13-15-7-5-4-6-8-15/h9-12,15H,3-8,13-14H2,1-2H3. The van der Waals surface area contributed by atoms with E-state index in [0.29, 0.717) is 35.1 Å². The normalized spacial score (nSPS) is 15.3. The van der Waals surface area contributed by atoms with Gasteiger partial charge in [-0.05, 0) is 36.5 Å². The summed E-state index contributed by atoms with van der Waals surface area (Å²) in [5, 5.41) is 0.630. The summed E-state index contributed by atoms with van der Waals surface area (Å²) in [5.74, 6) is 1.27. The first-order chi connectivity index (χ1) is 14.0. The van der Waals surface area contributed by atoms with E-state index in [1.807, 2.05) is 30.7 Å². The van der Waals surface area contributed by atoms with Crippen molar-refractivity contribution in [2.75, 3.05) is 0 Å². The van der Waals surface area contributed by atoms with E-state index >= 15 is 0 Å². The average Bonchev–Trinajstić information content (AvgIpc) is 3.07. The van der Waals surface area contributed by atoms with Crippen LogP contribution in [0.3, 0.4) is 0 Å². The summed E-state index contributed by atoms with van der Waals surface area (Å²) in [6, 6.07) is 7.26. The number of nitrogens with zero attached hydrogens (tertiary/aromatic N) is 4. The maximum atomic E-state index is 13.4. The van der Waals surface area contributed by atoms with E-state index < -0.39 is 0 Å². The fourth-order valence-corrected chi connectivity index (χ4v) is 4.55. The Bertz CT molecular complexity index is 1130. The number of aromatic nitrogens is 4. The Morgan fingerprint density at radius 1 is 1.07 bits per heavy atom. The molecule has 0 saturated heterocycles. The topological polar surface area (TPSA) is 61.8 Å². The second-order valence-corrected chi connectivity index (χ2v) is 8.46. The fraction of sp³-hybridized carbons (Fsp3) is 0.500. The molecule has 0 aliphatic heterocycles. The highest BCUT2D eigenvalue weighted by atomic mass is 35.5. The lowest BCUT2D eigenvalue weighted by atomic mass is 9.89. The van der Waals surface area contributed by atoms with Crippen LogP contribution in [0.2, 0.25) is 5.02 Å². The molecule has 2 aromatic heterocycles. The zero-order valence-corrected chi connectivity index (χ0v) is 17.8. The molecule has 3 aromatic rings. The van der Waals surface area contributed by atoms with Gasteiger partial charge in [-0.1, -0.05) is 49.9 Å². The van der Waals surface area contributed by atoms with Gasteiger partial charge in [0.15, 0.2) is 11.2 Å². The van der Waals surface area contributed by atoms with Crippen LogP contribution in [0.15, 0.2) is 33.9 Å². The van der Waals surface area contributed by atoms with Crippen LogP contribution in [0.5, 0.6) is 0 Å². The van der Waals surface area contributed by atoms with Gasteiger partial charge >= 0.3 is 5.69 Å². The van der Waals surface area contributed by atoms with E-state index in [1.165, 1.54) is 23.8 Å². The van der Waals surface area contributed by atoms with Crippen LogP contribution in [-0.2, 0) is 26.6 Å². The molecule has 154 valence electrons. The maximum Gasteiger partial charge on any atom is 0.333 e. The molecule has 0 bridgehead atoms. The molecule has 0 atom stereocenters. The number of aryl methyl sites for hydroxylation is 2. The van der Waals surface area contributed by atoms with Gasteiger partial charge in [0.1, 0.15) is 5.82 Å². The Hall–Kier alpha value is -2.34. The van der Waals surface area contributed by atoms with Gasteiger partial charge in [0.05, 0.1) is 6.54 Å². The summed E-state index contributed by atoms with van der Waals surface area (Å²) in [6.07, 6.45) is 6.63. The summed E-state index contributed by atoms with van der Waals surface area (Å²) < 4.78 is 4.92. The van der Waals surface area contributed by atoms with Crippen molar-refractivity contribution in [3.8, 4) is 0 Å². The van der Waals surface area contributed by atoms with Crippen LogP contribution in [0.1, 0.15) is 50.4 Å². The zero-order valence-electron chi connectivity index (χ0n) is 17.0. The first kappa shape index (κ1) is 20.0. The van der Waals surface area contributed by atoms with Gasteiger partial charge in [-0.2, -0.15) is 0 Å². The number of hydrogen-bond donors (Lipinski definition) is 0. The van der Waals surface area contributed by atoms with E-state index in [0.717, 1.165) is 24.2 Å². The summed E-state index contributed by atoms with van der Waals surface area (Å²) in [6.45, 7) is 2.86. The Kier molecular flexibility index (Phi) is 5.63. The van der Waals surface area contributed by atoms with Gasteiger partial charge in [-0.3, -0.25) is 13.9 Å². The minimum absolute atomic E-state index is 0.224. The minimum atomic E-state index is -0.283. The van der Waals surface area contributed by atoms with E-state index in [9.17, 15) is 9.59 Å². The smallest absolute Gasteiger partial charge is 0.325 e. The van der Waals surface area contributed by atoms with Gasteiger partial charge in [0.2, 0.25) is 0 Å². The fourth-order valence-electron chi connectivity index (χ4n) is 4.43. The molecular formula is C22H27ClN4O2. The molecule has 0 radical (unpaired) electrons. The number of fused-ring (bicyclic) bond motifs is 1. The predicted molar refractivity (Wildman–Crippen MR) is 116 cm³/mol. The average molecular weight is 415 g/mol. The Labute approximate surface area is 174 Å². The van der Waals surface area contributed by atoms with Crippen molar-refractivity contribution in [2.24, 2.45) is 13.0 Å². The zero-order chi connectivity index (χ0) is 20.5. The summed E-state index contributed by atoms with van der Waals surface area (Å²) in [4.78, 5) is 31.4. The quantitative estimate of drug-likeness (QED) is 0.638. The van der Waals surface area contributed by atoms with Crippen molar-refractivity contribution in [2.45, 2.75) is 58.5 Å². The number of imidazole rings is 1. The van der Waals surface area contributed by atoms with E-state index in [4.69, 9.17) is 11.6 Å². The third-order valence-corrected chi connectivity index (χ3v) is 6.32. The van der Waals surface area contributed by atoms with Gasteiger partial charge in [0.25, 0.3) is 5.56 Å². The highest BCUT2D eigenvalue weighted by Crippen LogP contribution is 2.25. The van der Waals surface area contributed by atoms with Crippen LogP contribution in [-0.4, -0.2) is 18.7 Å². The van der Waals surface area contributed by atoms with Gasteiger partial charge in [-0.25, -0.2) is 9.78 Å². The second-order valence-electron chi connectivity index (χ2n) is 8.03. The lowest BCUT2D eigenvalue weighted by Gasteiger charge is -2.23. The van der Waals surface area contributed by atoms with Crippen LogP contribution in [0, 0.1) is 5.92 Å². The van der Waals surface area contributed by atoms with Crippen molar-refractivity contribution in [3.63, 3.8) is 0 Å². The molecule has 1 aromatic carbocycles. The Morgan fingerprint density at radius 2 is 1.76 bits per heavy atom. The molecule has 7 heteroatoms. The summed E-state index contributed by atoms with van der Waals surface area (Å²) in [7, 11) is 1.86. The van der Waals surface area contributed by atoms with Crippen molar-refractivity contribution < 1.29 is 0 Å². The molecule has 4 rings (SSSR count). The molecule has 0 unspecified atom stereocenters. The highest BCUT2D eigenvalue weighted by molar-refractivity contribution is 6.30. The van der Waals surface area contributed by atoms with Crippen LogP contribution >= 0.6 is 11.6 Å². The molecule has 0 N–H and O–H groups in total. The van der Waals surface area contributed by atoms with Crippen molar-refractivity contribution >= 4 is 22.8 Å². The third kappa shape index (κ3) is 3.78.